The molecule has 0 saturated heterocycles. The predicted octanol–water partition coefficient (Wildman–Crippen LogP) is 4.62. The summed E-state index contributed by atoms with van der Waals surface area (Å²) in [4.78, 5) is 12.6. The van der Waals surface area contributed by atoms with Crippen molar-refractivity contribution in [3.05, 3.63) is 77.9 Å². The van der Waals surface area contributed by atoms with Gasteiger partial charge in [0.25, 0.3) is 11.7 Å². The molecule has 39 heavy (non-hydrogen) atoms. The Morgan fingerprint density at radius 1 is 1.08 bits per heavy atom. The second-order valence-electron chi connectivity index (χ2n) is 9.70. The Morgan fingerprint density at radius 2 is 1.79 bits per heavy atom. The van der Waals surface area contributed by atoms with Gasteiger partial charge in [0.15, 0.2) is 11.5 Å². The molecule has 3 aromatic carbocycles. The average molecular weight is 547 g/mol. The first-order valence-corrected chi connectivity index (χ1v) is 13.3. The van der Waals surface area contributed by atoms with Crippen molar-refractivity contribution in [3.63, 3.8) is 0 Å². The van der Waals surface area contributed by atoms with Crippen LogP contribution in [0.4, 0.5) is 0 Å². The number of aromatic nitrogens is 3. The van der Waals surface area contributed by atoms with Crippen LogP contribution in [0.15, 0.2) is 77.0 Å². The first-order valence-electron chi connectivity index (χ1n) is 12.3. The van der Waals surface area contributed by atoms with E-state index in [1.807, 2.05) is 28.8 Å². The molecule has 0 atom stereocenters. The maximum atomic E-state index is 12.6. The Bertz CT molecular complexity index is 1460. The highest BCUT2D eigenvalue weighted by atomic mass is 32.2. The average Bonchev–Trinajstić information content (AvgIpc) is 3.36. The van der Waals surface area contributed by atoms with E-state index < -0.39 is 0 Å². The summed E-state index contributed by atoms with van der Waals surface area (Å²) in [6.07, 6.45) is 1.37. The number of para-hydroxylation sites is 1. The Labute approximate surface area is 231 Å². The number of aromatic amines is 1. The van der Waals surface area contributed by atoms with E-state index in [4.69, 9.17) is 9.47 Å². The molecule has 0 aliphatic carbocycles. The van der Waals surface area contributed by atoms with Gasteiger partial charge in [-0.25, -0.2) is 5.43 Å². The quantitative estimate of drug-likeness (QED) is 0.122. The van der Waals surface area contributed by atoms with Crippen molar-refractivity contribution in [2.45, 2.75) is 31.3 Å². The molecule has 202 valence electrons. The Morgan fingerprint density at radius 3 is 2.44 bits per heavy atom. The van der Waals surface area contributed by atoms with Crippen molar-refractivity contribution in [1.29, 1.82) is 0 Å². The molecule has 0 aliphatic heterocycles. The summed E-state index contributed by atoms with van der Waals surface area (Å²) in [6, 6.07) is 21.0. The van der Waals surface area contributed by atoms with E-state index in [1.165, 1.54) is 30.6 Å². The van der Waals surface area contributed by atoms with E-state index in [1.54, 1.807) is 25.3 Å². The summed E-state index contributed by atoms with van der Waals surface area (Å²) >= 11 is 1.27. The fraction of sp³-hybridized carbons (Fsp3) is 0.241. The second kappa shape index (κ2) is 12.0. The van der Waals surface area contributed by atoms with Crippen molar-refractivity contribution >= 4 is 23.9 Å². The van der Waals surface area contributed by atoms with Crippen LogP contribution in [0.25, 0.3) is 17.1 Å². The Kier molecular flexibility index (Phi) is 8.55. The largest absolute Gasteiger partial charge is 0.504 e. The molecule has 1 aromatic heterocycles. The van der Waals surface area contributed by atoms with Crippen LogP contribution in [0, 0.1) is 0 Å². The van der Waals surface area contributed by atoms with Gasteiger partial charge in [0.1, 0.15) is 11.4 Å². The minimum absolute atomic E-state index is 0.0423. The van der Waals surface area contributed by atoms with Gasteiger partial charge in [-0.3, -0.25) is 4.79 Å². The molecular formula is C29H32N5O4S+. The van der Waals surface area contributed by atoms with Crippen molar-refractivity contribution in [2.75, 3.05) is 20.0 Å². The van der Waals surface area contributed by atoms with Crippen molar-refractivity contribution in [2.24, 2.45) is 5.10 Å². The molecule has 0 radical (unpaired) electrons. The predicted molar refractivity (Wildman–Crippen MR) is 152 cm³/mol. The van der Waals surface area contributed by atoms with Gasteiger partial charge < -0.3 is 14.6 Å². The molecule has 4 aromatic rings. The fourth-order valence-electron chi connectivity index (χ4n) is 3.83. The molecule has 0 aliphatic rings. The maximum Gasteiger partial charge on any atom is 0.342 e. The number of benzene rings is 3. The lowest BCUT2D eigenvalue weighted by atomic mass is 9.87. The van der Waals surface area contributed by atoms with Gasteiger partial charge in [-0.1, -0.05) is 39.0 Å². The van der Waals surface area contributed by atoms with E-state index >= 15 is 0 Å². The number of hydrazone groups is 1. The number of phenolic OH excluding ortho intramolecular Hbond substituents is 1. The molecule has 0 bridgehead atoms. The number of H-pyrrole nitrogens is 1. The zero-order chi connectivity index (χ0) is 28.0. The fourth-order valence-corrected chi connectivity index (χ4v) is 4.59. The normalized spacial score (nSPS) is 11.5. The summed E-state index contributed by atoms with van der Waals surface area (Å²) in [5.74, 6) is 1.56. The number of rotatable bonds is 9. The van der Waals surface area contributed by atoms with E-state index in [2.05, 4.69) is 65.8 Å². The number of nitrogens with zero attached hydrogens (tertiary/aromatic N) is 3. The molecule has 0 saturated carbocycles. The number of aromatic hydroxyl groups is 1. The number of hydrogen-bond donors (Lipinski definition) is 3. The minimum atomic E-state index is -0.320. The lowest BCUT2D eigenvalue weighted by Crippen LogP contribution is -2.34. The van der Waals surface area contributed by atoms with Crippen LogP contribution in [0.2, 0.25) is 0 Å². The van der Waals surface area contributed by atoms with Crippen LogP contribution >= 0.6 is 11.8 Å². The molecular weight excluding hydrogens is 514 g/mol. The van der Waals surface area contributed by atoms with Gasteiger partial charge >= 0.3 is 5.16 Å². The van der Waals surface area contributed by atoms with E-state index in [0.717, 1.165) is 22.8 Å². The number of hydrogen-bond acceptors (Lipinski definition) is 7. The molecule has 3 N–H and O–H groups in total. The van der Waals surface area contributed by atoms with Crippen LogP contribution in [0.5, 0.6) is 17.2 Å². The summed E-state index contributed by atoms with van der Waals surface area (Å²) in [6.45, 7) is 6.54. The van der Waals surface area contributed by atoms with Gasteiger partial charge in [0.2, 0.25) is 0 Å². The third-order valence-corrected chi connectivity index (χ3v) is 6.94. The lowest BCUT2D eigenvalue weighted by Gasteiger charge is -2.18. The summed E-state index contributed by atoms with van der Waals surface area (Å²) < 4.78 is 12.4. The second-order valence-corrected chi connectivity index (χ2v) is 10.6. The topological polar surface area (TPSA) is 113 Å². The number of amides is 1. The van der Waals surface area contributed by atoms with Gasteiger partial charge in [-0.05, 0) is 71.3 Å². The number of methoxy groups -OCH3 is 2. The molecule has 0 unspecified atom stereocenters. The summed E-state index contributed by atoms with van der Waals surface area (Å²) in [5, 5.41) is 22.4. The van der Waals surface area contributed by atoms with E-state index in [9.17, 15) is 9.90 Å². The monoisotopic (exact) mass is 546 g/mol. The van der Waals surface area contributed by atoms with Gasteiger partial charge in [-0.2, -0.15) is 9.67 Å². The van der Waals surface area contributed by atoms with Crippen LogP contribution in [-0.4, -0.2) is 47.4 Å². The summed E-state index contributed by atoms with van der Waals surface area (Å²) in [5.41, 5.74) is 6.03. The first kappa shape index (κ1) is 27.7. The van der Waals surface area contributed by atoms with Crippen molar-refractivity contribution in [3.8, 4) is 34.3 Å². The number of carbonyl (C=O) groups is 1. The van der Waals surface area contributed by atoms with Gasteiger partial charge in [-0.15, -0.1) is 5.10 Å². The lowest BCUT2D eigenvalue weighted by molar-refractivity contribution is -0.625. The standard InChI is InChI=1S/C29H31N5O4S/c1-29(2,3)21-11-9-19(10-12-21)27-32-33-28(34(27)22-13-15-23(37-4)16-14-22)39-18-25(35)31-30-17-20-7-6-8-24(38-5)26(20)36/h6-17H,18H2,1-5H3,(H2,30,31,35,36)/p+1. The Balaban J connectivity index is 1.54. The molecule has 0 spiro atoms. The molecule has 9 nitrogen and oxygen atoms in total. The smallest absolute Gasteiger partial charge is 0.342 e. The van der Waals surface area contributed by atoms with E-state index in [-0.39, 0.29) is 22.8 Å². The summed E-state index contributed by atoms with van der Waals surface area (Å²) in [7, 11) is 3.09. The number of carbonyl (C=O) groups excluding carboxylic acids is 1. The molecule has 10 heteroatoms. The zero-order valence-electron chi connectivity index (χ0n) is 22.6. The number of phenols is 1. The zero-order valence-corrected chi connectivity index (χ0v) is 23.4. The van der Waals surface area contributed by atoms with E-state index in [0.29, 0.717) is 16.5 Å². The molecule has 4 rings (SSSR count). The minimum Gasteiger partial charge on any atom is -0.504 e. The highest BCUT2D eigenvalue weighted by Gasteiger charge is 2.25. The highest BCUT2D eigenvalue weighted by Crippen LogP contribution is 2.28. The van der Waals surface area contributed by atoms with Crippen LogP contribution in [0.3, 0.4) is 0 Å². The maximum absolute atomic E-state index is 12.6. The molecule has 1 heterocycles. The highest BCUT2D eigenvalue weighted by molar-refractivity contribution is 7.99. The third-order valence-electron chi connectivity index (χ3n) is 6.00. The molecule has 0 fully saturated rings. The Hall–Kier alpha value is -4.31. The van der Waals surface area contributed by atoms with Crippen LogP contribution < -0.4 is 19.5 Å². The van der Waals surface area contributed by atoms with Crippen LogP contribution in [-0.2, 0) is 10.2 Å². The van der Waals surface area contributed by atoms with Gasteiger partial charge in [0.05, 0.1) is 36.8 Å². The number of ether oxygens (including phenoxy) is 2. The number of thioether (sulfide) groups is 1. The van der Waals surface area contributed by atoms with Crippen molar-refractivity contribution in [1.82, 2.24) is 15.6 Å². The third kappa shape index (κ3) is 6.58. The van der Waals surface area contributed by atoms with Crippen molar-refractivity contribution < 1.29 is 23.9 Å². The first-order chi connectivity index (χ1) is 18.7. The molecule has 1 amide bonds. The SMILES string of the molecule is COc1ccc(-[n+]2c(SCC(=O)N/N=C/c3cccc(OC)c3O)n[nH]c2-c2ccc(C(C)(C)C)cc2)cc1. The van der Waals surface area contributed by atoms with Gasteiger partial charge in [0, 0.05) is 5.56 Å². The van der Waals surface area contributed by atoms with Crippen LogP contribution in [0.1, 0.15) is 31.9 Å². The number of nitrogens with one attached hydrogen (secondary N) is 2.